The lowest BCUT2D eigenvalue weighted by Crippen LogP contribution is -2.30. The van der Waals surface area contributed by atoms with Crippen LogP contribution in [-0.2, 0) is 28.6 Å². The maximum absolute atomic E-state index is 12.9. The second kappa shape index (κ2) is 68.1. The normalized spacial score (nSPS) is 12.2. The van der Waals surface area contributed by atoms with Crippen molar-refractivity contribution in [1.82, 2.24) is 0 Å². The third kappa shape index (κ3) is 66.3. The largest absolute Gasteiger partial charge is 0.462 e. The van der Waals surface area contributed by atoms with E-state index in [0.717, 1.165) is 83.5 Å². The Bertz CT molecular complexity index is 1320. The summed E-state index contributed by atoms with van der Waals surface area (Å²) >= 11 is 0. The molecule has 0 N–H and O–H groups in total. The van der Waals surface area contributed by atoms with E-state index >= 15 is 0 Å². The average Bonchev–Trinajstić information content (AvgIpc) is 3.45. The van der Waals surface area contributed by atoms with Crippen LogP contribution in [0.1, 0.15) is 393 Å². The maximum atomic E-state index is 12.9. The lowest BCUT2D eigenvalue weighted by molar-refractivity contribution is -0.167. The monoisotopic (exact) mass is 1110 g/mol. The maximum Gasteiger partial charge on any atom is 0.306 e. The van der Waals surface area contributed by atoms with Gasteiger partial charge in [0, 0.05) is 19.3 Å². The summed E-state index contributed by atoms with van der Waals surface area (Å²) in [6.07, 6.45) is 84.7. The third-order valence-corrected chi connectivity index (χ3v) is 16.1. The number of ether oxygens (including phenoxy) is 3. The van der Waals surface area contributed by atoms with Crippen molar-refractivity contribution < 1.29 is 28.6 Å². The summed E-state index contributed by atoms with van der Waals surface area (Å²) in [6.45, 7) is 6.64. The molecule has 0 spiro atoms. The standard InChI is InChI=1S/C73H136O6/c1-4-7-10-13-16-19-22-25-27-29-31-33-34-35-36-37-38-40-41-43-45-48-51-54-57-60-63-66-72(75)78-69-70(68-77-71(74)65-62-59-56-53-50-47-24-21-18-15-12-9-6-3)79-73(76)67-64-61-58-55-52-49-46-44-42-39-32-30-28-26-23-20-17-14-11-8-5-2/h12,15,21,24,29,31,70H,4-11,13-14,16-20,22-23,25-28,30,32-69H2,1-3H3/b15-12-,24-21-,31-29-. The van der Waals surface area contributed by atoms with Crippen LogP contribution in [0.15, 0.2) is 36.5 Å². The fourth-order valence-electron chi connectivity index (χ4n) is 10.8. The molecule has 0 rings (SSSR count). The Morgan fingerprint density at radius 1 is 0.253 bits per heavy atom. The van der Waals surface area contributed by atoms with Gasteiger partial charge in [-0.05, 0) is 70.6 Å². The van der Waals surface area contributed by atoms with Gasteiger partial charge in [-0.1, -0.05) is 340 Å². The van der Waals surface area contributed by atoms with Gasteiger partial charge in [-0.15, -0.1) is 0 Å². The van der Waals surface area contributed by atoms with Gasteiger partial charge in [0.15, 0.2) is 6.10 Å². The minimum atomic E-state index is -0.776. The zero-order valence-electron chi connectivity index (χ0n) is 53.4. The second-order valence-corrected chi connectivity index (χ2v) is 24.1. The third-order valence-electron chi connectivity index (χ3n) is 16.1. The van der Waals surface area contributed by atoms with Crippen LogP contribution in [-0.4, -0.2) is 37.2 Å². The van der Waals surface area contributed by atoms with Gasteiger partial charge in [0.25, 0.3) is 0 Å². The molecule has 0 aromatic rings. The molecule has 0 amide bonds. The first-order chi connectivity index (χ1) is 39.0. The predicted octanol–water partition coefficient (Wildman–Crippen LogP) is 24.3. The van der Waals surface area contributed by atoms with Crippen molar-refractivity contribution in [2.45, 2.75) is 399 Å². The van der Waals surface area contributed by atoms with Crippen LogP contribution in [0.2, 0.25) is 0 Å². The van der Waals surface area contributed by atoms with Crippen molar-refractivity contribution in [1.29, 1.82) is 0 Å². The van der Waals surface area contributed by atoms with E-state index in [0.29, 0.717) is 19.3 Å². The van der Waals surface area contributed by atoms with E-state index < -0.39 is 6.10 Å². The van der Waals surface area contributed by atoms with Crippen molar-refractivity contribution in [2.24, 2.45) is 0 Å². The Balaban J connectivity index is 4.21. The van der Waals surface area contributed by atoms with Crippen LogP contribution in [0.3, 0.4) is 0 Å². The first-order valence-electron chi connectivity index (χ1n) is 35.5. The molecule has 0 fully saturated rings. The summed E-state index contributed by atoms with van der Waals surface area (Å²) in [6, 6.07) is 0. The fraction of sp³-hybridized carbons (Fsp3) is 0.877. The molecule has 0 saturated heterocycles. The smallest absolute Gasteiger partial charge is 0.306 e. The summed E-state index contributed by atoms with van der Waals surface area (Å²) in [7, 11) is 0. The van der Waals surface area contributed by atoms with Gasteiger partial charge < -0.3 is 14.2 Å². The molecule has 6 nitrogen and oxygen atoms in total. The fourth-order valence-corrected chi connectivity index (χ4v) is 10.8. The summed E-state index contributed by atoms with van der Waals surface area (Å²) in [5.41, 5.74) is 0. The summed E-state index contributed by atoms with van der Waals surface area (Å²) in [5.74, 6) is -0.857. The first-order valence-corrected chi connectivity index (χ1v) is 35.5. The van der Waals surface area contributed by atoms with E-state index in [1.807, 2.05) is 0 Å². The quantitative estimate of drug-likeness (QED) is 0.0261. The van der Waals surface area contributed by atoms with E-state index in [1.54, 1.807) is 0 Å². The zero-order valence-corrected chi connectivity index (χ0v) is 53.4. The van der Waals surface area contributed by atoms with E-state index in [1.165, 1.54) is 270 Å². The Kier molecular flexibility index (Phi) is 66.1. The van der Waals surface area contributed by atoms with E-state index in [4.69, 9.17) is 14.2 Å². The summed E-state index contributed by atoms with van der Waals surface area (Å²) in [4.78, 5) is 38.4. The van der Waals surface area contributed by atoms with E-state index in [2.05, 4.69) is 57.2 Å². The van der Waals surface area contributed by atoms with Gasteiger partial charge in [0.05, 0.1) is 0 Å². The van der Waals surface area contributed by atoms with Crippen molar-refractivity contribution in [3.8, 4) is 0 Å². The van der Waals surface area contributed by atoms with Crippen LogP contribution in [0.4, 0.5) is 0 Å². The lowest BCUT2D eigenvalue weighted by Gasteiger charge is -2.18. The molecule has 79 heavy (non-hydrogen) atoms. The molecule has 464 valence electrons. The van der Waals surface area contributed by atoms with Crippen LogP contribution in [0, 0.1) is 0 Å². The van der Waals surface area contributed by atoms with E-state index in [9.17, 15) is 14.4 Å². The van der Waals surface area contributed by atoms with Crippen molar-refractivity contribution in [3.63, 3.8) is 0 Å². The first kappa shape index (κ1) is 76.6. The molecule has 1 atom stereocenters. The molecule has 0 aliphatic rings. The van der Waals surface area contributed by atoms with Gasteiger partial charge in [-0.25, -0.2) is 0 Å². The van der Waals surface area contributed by atoms with Gasteiger partial charge in [0.1, 0.15) is 13.2 Å². The number of esters is 3. The number of unbranched alkanes of at least 4 members (excludes halogenated alkanes) is 49. The molecule has 0 radical (unpaired) electrons. The highest BCUT2D eigenvalue weighted by atomic mass is 16.6. The van der Waals surface area contributed by atoms with Gasteiger partial charge in [-0.3, -0.25) is 14.4 Å². The minimum Gasteiger partial charge on any atom is -0.462 e. The Hall–Kier alpha value is -2.37. The lowest BCUT2D eigenvalue weighted by atomic mass is 10.0. The van der Waals surface area contributed by atoms with Crippen LogP contribution < -0.4 is 0 Å². The molecule has 0 aromatic heterocycles. The molecule has 1 unspecified atom stereocenters. The SMILES string of the molecule is CCC/C=C\C/C=C\CCCCCCCC(=O)OCC(COC(=O)CCCCCCCCCCCCCCCCC/C=C\CCCCCCCCCC)OC(=O)CCCCCCCCCCCCCCCCCCCCCCC. The van der Waals surface area contributed by atoms with Crippen LogP contribution >= 0.6 is 0 Å². The number of hydrogen-bond donors (Lipinski definition) is 0. The van der Waals surface area contributed by atoms with Crippen molar-refractivity contribution in [2.75, 3.05) is 13.2 Å². The molecule has 0 saturated carbocycles. The predicted molar refractivity (Wildman–Crippen MR) is 344 cm³/mol. The summed E-state index contributed by atoms with van der Waals surface area (Å²) in [5, 5.41) is 0. The molecular formula is C73H136O6. The molecule has 0 aliphatic heterocycles. The second-order valence-electron chi connectivity index (χ2n) is 24.1. The Morgan fingerprint density at radius 3 is 0.759 bits per heavy atom. The van der Waals surface area contributed by atoms with Crippen LogP contribution in [0.25, 0.3) is 0 Å². The highest BCUT2D eigenvalue weighted by molar-refractivity contribution is 5.71. The highest BCUT2D eigenvalue weighted by Gasteiger charge is 2.19. The topological polar surface area (TPSA) is 78.9 Å². The van der Waals surface area contributed by atoms with Gasteiger partial charge in [-0.2, -0.15) is 0 Å². The zero-order chi connectivity index (χ0) is 57.1. The number of rotatable bonds is 66. The summed E-state index contributed by atoms with van der Waals surface area (Å²) < 4.78 is 17.0. The van der Waals surface area contributed by atoms with Crippen molar-refractivity contribution >= 4 is 17.9 Å². The molecule has 0 aliphatic carbocycles. The average molecular weight is 1110 g/mol. The molecule has 0 aromatic carbocycles. The molecule has 0 heterocycles. The minimum absolute atomic E-state index is 0.0715. The Labute approximate surface area is 493 Å². The number of carbonyl (C=O) groups is 3. The molecular weight excluding hydrogens is 973 g/mol. The number of hydrogen-bond acceptors (Lipinski definition) is 6. The highest BCUT2D eigenvalue weighted by Crippen LogP contribution is 2.19. The van der Waals surface area contributed by atoms with E-state index in [-0.39, 0.29) is 31.1 Å². The number of carbonyl (C=O) groups excluding carboxylic acids is 3. The van der Waals surface area contributed by atoms with Gasteiger partial charge in [0.2, 0.25) is 0 Å². The van der Waals surface area contributed by atoms with Crippen LogP contribution in [0.5, 0.6) is 0 Å². The Morgan fingerprint density at radius 2 is 0.481 bits per heavy atom. The molecule has 0 bridgehead atoms. The van der Waals surface area contributed by atoms with Crippen molar-refractivity contribution in [3.05, 3.63) is 36.5 Å². The molecule has 6 heteroatoms. The van der Waals surface area contributed by atoms with Gasteiger partial charge >= 0.3 is 17.9 Å². The number of allylic oxidation sites excluding steroid dienone is 6.